The Morgan fingerprint density at radius 2 is 1.95 bits per heavy atom. The van der Waals surface area contributed by atoms with Crippen LogP contribution in [0.1, 0.15) is 52.1 Å². The topological polar surface area (TPSA) is 35.2 Å². The van der Waals surface area contributed by atoms with Gasteiger partial charge in [-0.3, -0.25) is 0 Å². The lowest BCUT2D eigenvalue weighted by molar-refractivity contribution is 0.286. The van der Waals surface area contributed by atoms with Gasteiger partial charge in [0.15, 0.2) is 0 Å². The lowest BCUT2D eigenvalue weighted by Gasteiger charge is -2.25. The van der Waals surface area contributed by atoms with E-state index in [2.05, 4.69) is 55.8 Å². The molecule has 2 nitrogen and oxygen atoms in total. The Kier molecular flexibility index (Phi) is 5.87. The molecule has 0 bridgehead atoms. The quantitative estimate of drug-likeness (QED) is 0.832. The van der Waals surface area contributed by atoms with E-state index in [9.17, 15) is 0 Å². The molecule has 3 heteroatoms. The number of benzene rings is 1. The van der Waals surface area contributed by atoms with Gasteiger partial charge in [-0.1, -0.05) is 33.8 Å². The largest absolute Gasteiger partial charge is 0.496 e. The maximum absolute atomic E-state index is 6.31. The fourth-order valence-electron chi connectivity index (χ4n) is 2.61. The second kappa shape index (κ2) is 6.76. The van der Waals surface area contributed by atoms with Crippen molar-refractivity contribution in [2.24, 2.45) is 17.1 Å². The van der Waals surface area contributed by atoms with Crippen LogP contribution in [0.4, 0.5) is 0 Å². The summed E-state index contributed by atoms with van der Waals surface area (Å²) in [4.78, 5) is 0. The van der Waals surface area contributed by atoms with Gasteiger partial charge in [0.05, 0.1) is 11.6 Å². The Bertz CT molecular complexity index is 412. The molecule has 0 aliphatic heterocycles. The van der Waals surface area contributed by atoms with Gasteiger partial charge in [0.2, 0.25) is 0 Å². The minimum atomic E-state index is 0.0829. The van der Waals surface area contributed by atoms with Crippen molar-refractivity contribution in [3.05, 3.63) is 28.2 Å². The highest BCUT2D eigenvalue weighted by Crippen LogP contribution is 2.32. The second-order valence-electron chi connectivity index (χ2n) is 6.61. The molecule has 0 saturated carbocycles. The number of hydrogen-bond donors (Lipinski definition) is 1. The third-order valence-electron chi connectivity index (χ3n) is 3.22. The minimum Gasteiger partial charge on any atom is -0.496 e. The molecule has 19 heavy (non-hydrogen) atoms. The average Bonchev–Trinajstić information content (AvgIpc) is 2.26. The van der Waals surface area contributed by atoms with E-state index in [1.54, 1.807) is 7.11 Å². The zero-order chi connectivity index (χ0) is 14.6. The Hall–Kier alpha value is -0.540. The highest BCUT2D eigenvalue weighted by molar-refractivity contribution is 9.10. The predicted molar refractivity (Wildman–Crippen MR) is 85.5 cm³/mol. The van der Waals surface area contributed by atoms with E-state index in [0.717, 1.165) is 22.2 Å². The maximum Gasteiger partial charge on any atom is 0.133 e. The first-order valence-corrected chi connectivity index (χ1v) is 7.61. The Labute approximate surface area is 125 Å². The van der Waals surface area contributed by atoms with Crippen molar-refractivity contribution in [2.45, 2.75) is 46.6 Å². The SMILES string of the molecule is COc1ccc(C(N)CC(C)CC(C)(C)C)cc1Br. The van der Waals surface area contributed by atoms with E-state index in [4.69, 9.17) is 10.5 Å². The molecule has 0 aliphatic rings. The van der Waals surface area contributed by atoms with Crippen molar-refractivity contribution in [2.75, 3.05) is 7.11 Å². The molecule has 2 N–H and O–H groups in total. The van der Waals surface area contributed by atoms with E-state index in [1.807, 2.05) is 6.07 Å². The van der Waals surface area contributed by atoms with Gasteiger partial charge in [-0.25, -0.2) is 0 Å². The smallest absolute Gasteiger partial charge is 0.133 e. The molecule has 1 aromatic rings. The highest BCUT2D eigenvalue weighted by Gasteiger charge is 2.18. The Morgan fingerprint density at radius 1 is 1.32 bits per heavy atom. The van der Waals surface area contributed by atoms with Crippen LogP contribution in [0.15, 0.2) is 22.7 Å². The summed E-state index contributed by atoms with van der Waals surface area (Å²) in [6.07, 6.45) is 2.20. The van der Waals surface area contributed by atoms with Crippen LogP contribution in [0.5, 0.6) is 5.75 Å². The fourth-order valence-corrected chi connectivity index (χ4v) is 3.17. The predicted octanol–water partition coefficient (Wildman–Crippen LogP) is 4.92. The van der Waals surface area contributed by atoms with Crippen molar-refractivity contribution < 1.29 is 4.74 Å². The second-order valence-corrected chi connectivity index (χ2v) is 7.46. The Morgan fingerprint density at radius 3 is 2.42 bits per heavy atom. The first kappa shape index (κ1) is 16.5. The summed E-state index contributed by atoms with van der Waals surface area (Å²) in [5.74, 6) is 1.47. The normalized spacial score (nSPS) is 15.1. The van der Waals surface area contributed by atoms with Crippen molar-refractivity contribution in [3.8, 4) is 5.75 Å². The third kappa shape index (κ3) is 5.53. The monoisotopic (exact) mass is 327 g/mol. The zero-order valence-electron chi connectivity index (χ0n) is 12.7. The van der Waals surface area contributed by atoms with Crippen molar-refractivity contribution >= 4 is 15.9 Å². The molecule has 0 aromatic heterocycles. The number of rotatable bonds is 5. The number of methoxy groups -OCH3 is 1. The number of ether oxygens (including phenoxy) is 1. The van der Waals surface area contributed by atoms with E-state index in [1.165, 1.54) is 6.42 Å². The number of nitrogens with two attached hydrogens (primary N) is 1. The standard InChI is InChI=1S/C16H26BrNO/c1-11(10-16(2,3)4)8-14(18)12-6-7-15(19-5)13(17)9-12/h6-7,9,11,14H,8,10,18H2,1-5H3. The molecule has 2 unspecified atom stereocenters. The molecule has 2 atom stereocenters. The fraction of sp³-hybridized carbons (Fsp3) is 0.625. The first-order chi connectivity index (χ1) is 8.73. The molecule has 0 radical (unpaired) electrons. The molecule has 0 fully saturated rings. The zero-order valence-corrected chi connectivity index (χ0v) is 14.3. The molecule has 0 spiro atoms. The van der Waals surface area contributed by atoms with Gasteiger partial charge in [0, 0.05) is 6.04 Å². The minimum absolute atomic E-state index is 0.0829. The van der Waals surface area contributed by atoms with Crippen molar-refractivity contribution in [1.29, 1.82) is 0 Å². The van der Waals surface area contributed by atoms with Crippen molar-refractivity contribution in [3.63, 3.8) is 0 Å². The van der Waals surface area contributed by atoms with Gasteiger partial charge in [0.25, 0.3) is 0 Å². The van der Waals surface area contributed by atoms with Crippen LogP contribution >= 0.6 is 15.9 Å². The lowest BCUT2D eigenvalue weighted by Crippen LogP contribution is -2.18. The summed E-state index contributed by atoms with van der Waals surface area (Å²) >= 11 is 3.51. The molecule has 0 saturated heterocycles. The summed E-state index contributed by atoms with van der Waals surface area (Å²) in [6.45, 7) is 9.11. The molecular weight excluding hydrogens is 302 g/mol. The molecule has 1 rings (SSSR count). The van der Waals surface area contributed by atoms with Gasteiger partial charge in [-0.15, -0.1) is 0 Å². The van der Waals surface area contributed by atoms with Gasteiger partial charge >= 0.3 is 0 Å². The van der Waals surface area contributed by atoms with Crippen molar-refractivity contribution in [1.82, 2.24) is 0 Å². The van der Waals surface area contributed by atoms with E-state index in [0.29, 0.717) is 11.3 Å². The summed E-state index contributed by atoms with van der Waals surface area (Å²) in [5.41, 5.74) is 7.83. The maximum atomic E-state index is 6.31. The van der Waals surface area contributed by atoms with Crippen LogP contribution in [0.25, 0.3) is 0 Å². The van der Waals surface area contributed by atoms with E-state index < -0.39 is 0 Å². The van der Waals surface area contributed by atoms with Crippen LogP contribution in [-0.2, 0) is 0 Å². The molecule has 0 aliphatic carbocycles. The van der Waals surface area contributed by atoms with Gasteiger partial charge in [-0.2, -0.15) is 0 Å². The van der Waals surface area contributed by atoms with Gasteiger partial charge in [-0.05, 0) is 57.8 Å². The summed E-state index contributed by atoms with van der Waals surface area (Å²) in [6, 6.07) is 6.17. The average molecular weight is 328 g/mol. The Balaban J connectivity index is 2.68. The molecular formula is C16H26BrNO. The summed E-state index contributed by atoms with van der Waals surface area (Å²) < 4.78 is 6.20. The van der Waals surface area contributed by atoms with Crippen LogP contribution in [0.3, 0.4) is 0 Å². The molecule has 0 amide bonds. The molecule has 0 heterocycles. The first-order valence-electron chi connectivity index (χ1n) is 6.82. The summed E-state index contributed by atoms with van der Waals surface area (Å²) in [5, 5.41) is 0. The van der Waals surface area contributed by atoms with E-state index >= 15 is 0 Å². The molecule has 1 aromatic carbocycles. The van der Waals surface area contributed by atoms with E-state index in [-0.39, 0.29) is 6.04 Å². The van der Waals surface area contributed by atoms with Gasteiger partial charge < -0.3 is 10.5 Å². The van der Waals surface area contributed by atoms with Gasteiger partial charge in [0.1, 0.15) is 5.75 Å². The van der Waals surface area contributed by atoms with Crippen LogP contribution in [-0.4, -0.2) is 7.11 Å². The van der Waals surface area contributed by atoms with Crippen LogP contribution in [0.2, 0.25) is 0 Å². The van der Waals surface area contributed by atoms with Crippen LogP contribution < -0.4 is 10.5 Å². The highest BCUT2D eigenvalue weighted by atomic mass is 79.9. The number of hydrogen-bond acceptors (Lipinski definition) is 2. The number of halogens is 1. The summed E-state index contributed by atoms with van der Waals surface area (Å²) in [7, 11) is 1.67. The molecule has 108 valence electrons. The lowest BCUT2D eigenvalue weighted by atomic mass is 9.82. The third-order valence-corrected chi connectivity index (χ3v) is 3.84. The van der Waals surface area contributed by atoms with Crippen LogP contribution in [0, 0.1) is 11.3 Å².